The van der Waals surface area contributed by atoms with Crippen molar-refractivity contribution in [3.63, 3.8) is 0 Å². The van der Waals surface area contributed by atoms with Gasteiger partial charge in [-0.25, -0.2) is 4.39 Å². The van der Waals surface area contributed by atoms with Gasteiger partial charge < -0.3 is 15.1 Å². The van der Waals surface area contributed by atoms with Gasteiger partial charge in [-0.3, -0.25) is 9.59 Å². The van der Waals surface area contributed by atoms with Crippen molar-refractivity contribution >= 4 is 29.2 Å². The zero-order chi connectivity index (χ0) is 14.6. The Morgan fingerprint density at radius 1 is 1.42 bits per heavy atom. The Morgan fingerprint density at radius 3 is 2.53 bits per heavy atom. The second kappa shape index (κ2) is 6.38. The third kappa shape index (κ3) is 4.40. The predicted molar refractivity (Wildman–Crippen MR) is 68.1 cm³/mol. The number of rotatable bonds is 6. The first-order chi connectivity index (χ1) is 8.81. The molecule has 0 aromatic heterocycles. The van der Waals surface area contributed by atoms with Crippen LogP contribution in [0.4, 0.5) is 10.1 Å². The van der Waals surface area contributed by atoms with Crippen LogP contribution in [-0.4, -0.2) is 35.2 Å². The van der Waals surface area contributed by atoms with Gasteiger partial charge in [0, 0.05) is 12.2 Å². The topological polar surface area (TPSA) is 77.8 Å². The zero-order valence-corrected chi connectivity index (χ0v) is 10.9. The van der Waals surface area contributed by atoms with Gasteiger partial charge in [0.2, 0.25) is 0 Å². The van der Waals surface area contributed by atoms with Crippen LogP contribution in [0, 0.1) is 11.7 Å². The number of benzene rings is 1. The molecule has 1 unspecified atom stereocenters. The van der Waals surface area contributed by atoms with Gasteiger partial charge in [-0.05, 0) is 18.2 Å². The van der Waals surface area contributed by atoms with Crippen LogP contribution in [0.2, 0.25) is 5.02 Å². The van der Waals surface area contributed by atoms with Crippen molar-refractivity contribution in [2.24, 2.45) is 5.92 Å². The standard InChI is InChI=1S/C12H13ClFNO4/c1-7(12(18)19)5-15(6-11(16)17)8-2-3-10(14)9(13)4-8/h2-4,7H,5-6H2,1H3,(H,16,17)(H,18,19). The normalized spacial score (nSPS) is 11.9. The highest BCUT2D eigenvalue weighted by Crippen LogP contribution is 2.23. The van der Waals surface area contributed by atoms with E-state index in [9.17, 15) is 14.0 Å². The first-order valence-electron chi connectivity index (χ1n) is 5.46. The molecule has 0 saturated heterocycles. The van der Waals surface area contributed by atoms with Gasteiger partial charge in [0.05, 0.1) is 10.9 Å². The van der Waals surface area contributed by atoms with Gasteiger partial charge in [0.15, 0.2) is 0 Å². The SMILES string of the molecule is CC(CN(CC(=O)O)c1ccc(F)c(Cl)c1)C(=O)O. The molecule has 2 N–H and O–H groups in total. The van der Waals surface area contributed by atoms with Crippen molar-refractivity contribution in [1.29, 1.82) is 0 Å². The Kier molecular flexibility index (Phi) is 5.11. The largest absolute Gasteiger partial charge is 0.481 e. The molecule has 0 spiro atoms. The summed E-state index contributed by atoms with van der Waals surface area (Å²) < 4.78 is 13.1. The quantitative estimate of drug-likeness (QED) is 0.838. The highest BCUT2D eigenvalue weighted by Gasteiger charge is 2.19. The van der Waals surface area contributed by atoms with Crippen LogP contribution in [0.1, 0.15) is 6.92 Å². The lowest BCUT2D eigenvalue weighted by Crippen LogP contribution is -2.35. The summed E-state index contributed by atoms with van der Waals surface area (Å²) in [6.45, 7) is 1.06. The monoisotopic (exact) mass is 289 g/mol. The number of anilines is 1. The third-order valence-corrected chi connectivity index (χ3v) is 2.80. The Hall–Kier alpha value is -1.82. The molecule has 104 valence electrons. The number of hydrogen-bond acceptors (Lipinski definition) is 3. The Morgan fingerprint density at radius 2 is 2.05 bits per heavy atom. The van der Waals surface area contributed by atoms with Crippen molar-refractivity contribution < 1.29 is 24.2 Å². The highest BCUT2D eigenvalue weighted by atomic mass is 35.5. The Bertz CT molecular complexity index is 495. The molecule has 1 aromatic rings. The third-order valence-electron chi connectivity index (χ3n) is 2.51. The lowest BCUT2D eigenvalue weighted by Gasteiger charge is -2.25. The molecule has 5 nitrogen and oxygen atoms in total. The molecule has 1 rings (SSSR count). The van der Waals surface area contributed by atoms with E-state index in [-0.39, 0.29) is 18.1 Å². The summed E-state index contributed by atoms with van der Waals surface area (Å²) in [4.78, 5) is 22.9. The zero-order valence-electron chi connectivity index (χ0n) is 10.1. The molecule has 0 radical (unpaired) electrons. The van der Waals surface area contributed by atoms with Gasteiger partial charge in [0.1, 0.15) is 12.4 Å². The maximum absolute atomic E-state index is 13.1. The average molecular weight is 290 g/mol. The predicted octanol–water partition coefficient (Wildman–Crippen LogP) is 2.09. The number of aliphatic carboxylic acids is 2. The molecule has 1 aromatic carbocycles. The molecule has 1 atom stereocenters. The second-order valence-corrected chi connectivity index (χ2v) is 4.52. The van der Waals surface area contributed by atoms with E-state index in [2.05, 4.69) is 0 Å². The van der Waals surface area contributed by atoms with Gasteiger partial charge in [-0.2, -0.15) is 0 Å². The van der Waals surface area contributed by atoms with Crippen LogP contribution in [0.5, 0.6) is 0 Å². The molecular formula is C12H13ClFNO4. The average Bonchev–Trinajstić information content (AvgIpc) is 2.31. The van der Waals surface area contributed by atoms with Crippen molar-refractivity contribution in [3.05, 3.63) is 29.0 Å². The lowest BCUT2D eigenvalue weighted by molar-refractivity contribution is -0.141. The fourth-order valence-electron chi connectivity index (χ4n) is 1.51. The smallest absolute Gasteiger partial charge is 0.323 e. The summed E-state index contributed by atoms with van der Waals surface area (Å²) in [5, 5.41) is 17.5. The van der Waals surface area contributed by atoms with Crippen molar-refractivity contribution in [2.45, 2.75) is 6.92 Å². The van der Waals surface area contributed by atoms with Crippen LogP contribution >= 0.6 is 11.6 Å². The van der Waals surface area contributed by atoms with Gasteiger partial charge >= 0.3 is 11.9 Å². The molecule has 0 heterocycles. The summed E-state index contributed by atoms with van der Waals surface area (Å²) in [6, 6.07) is 3.74. The Labute approximate surface area is 114 Å². The van der Waals surface area contributed by atoms with Crippen LogP contribution in [0.25, 0.3) is 0 Å². The summed E-state index contributed by atoms with van der Waals surface area (Å²) in [6.07, 6.45) is 0. The van der Waals surface area contributed by atoms with E-state index in [1.807, 2.05) is 0 Å². The first kappa shape index (κ1) is 15.2. The minimum Gasteiger partial charge on any atom is -0.481 e. The molecule has 0 aliphatic heterocycles. The fourth-order valence-corrected chi connectivity index (χ4v) is 1.69. The summed E-state index contributed by atoms with van der Waals surface area (Å²) in [5.74, 6) is -3.53. The van der Waals surface area contributed by atoms with E-state index < -0.39 is 23.7 Å². The number of nitrogens with zero attached hydrogens (tertiary/aromatic N) is 1. The molecular weight excluding hydrogens is 277 g/mol. The maximum atomic E-state index is 13.1. The van der Waals surface area contributed by atoms with Gasteiger partial charge in [-0.15, -0.1) is 0 Å². The van der Waals surface area contributed by atoms with E-state index in [1.54, 1.807) is 0 Å². The van der Waals surface area contributed by atoms with Crippen molar-refractivity contribution in [2.75, 3.05) is 18.0 Å². The van der Waals surface area contributed by atoms with Crippen LogP contribution < -0.4 is 4.90 Å². The van der Waals surface area contributed by atoms with Crippen molar-refractivity contribution in [1.82, 2.24) is 0 Å². The van der Waals surface area contributed by atoms with E-state index in [1.165, 1.54) is 24.0 Å². The molecule has 0 amide bonds. The van der Waals surface area contributed by atoms with Gasteiger partial charge in [-0.1, -0.05) is 18.5 Å². The maximum Gasteiger partial charge on any atom is 0.323 e. The highest BCUT2D eigenvalue weighted by molar-refractivity contribution is 6.31. The van der Waals surface area contributed by atoms with Crippen LogP contribution in [0.15, 0.2) is 18.2 Å². The molecule has 0 aliphatic carbocycles. The number of hydrogen-bond donors (Lipinski definition) is 2. The molecule has 0 bridgehead atoms. The number of carboxylic acids is 2. The second-order valence-electron chi connectivity index (χ2n) is 4.11. The molecule has 0 aliphatic rings. The van der Waals surface area contributed by atoms with E-state index >= 15 is 0 Å². The molecule has 0 saturated carbocycles. The lowest BCUT2D eigenvalue weighted by atomic mass is 10.1. The summed E-state index contributed by atoms with van der Waals surface area (Å²) in [7, 11) is 0. The minimum atomic E-state index is -1.11. The number of carboxylic acid groups (broad SMARTS) is 2. The van der Waals surface area contributed by atoms with E-state index in [4.69, 9.17) is 21.8 Å². The first-order valence-corrected chi connectivity index (χ1v) is 5.83. The van der Waals surface area contributed by atoms with Crippen molar-refractivity contribution in [3.8, 4) is 0 Å². The minimum absolute atomic E-state index is 0.0103. The van der Waals surface area contributed by atoms with Gasteiger partial charge in [0.25, 0.3) is 0 Å². The summed E-state index contributed by atoms with van der Waals surface area (Å²) in [5.41, 5.74) is 0.363. The fraction of sp³-hybridized carbons (Fsp3) is 0.333. The Balaban J connectivity index is 2.98. The molecule has 7 heteroatoms. The van der Waals surface area contributed by atoms with E-state index in [0.29, 0.717) is 5.69 Å². The molecule has 19 heavy (non-hydrogen) atoms. The number of halogens is 2. The van der Waals surface area contributed by atoms with Crippen LogP contribution in [0.3, 0.4) is 0 Å². The number of carbonyl (C=O) groups is 2. The van der Waals surface area contributed by atoms with Crippen LogP contribution in [-0.2, 0) is 9.59 Å². The summed E-state index contributed by atoms with van der Waals surface area (Å²) >= 11 is 5.63. The molecule has 0 fully saturated rings. The van der Waals surface area contributed by atoms with E-state index in [0.717, 1.165) is 6.07 Å².